The Morgan fingerprint density at radius 1 is 1.21 bits per heavy atom. The van der Waals surface area contributed by atoms with Gasteiger partial charge in [-0.05, 0) is 26.0 Å². The first-order valence-electron chi connectivity index (χ1n) is 4.46. The first kappa shape index (κ1) is 8.94. The minimum absolute atomic E-state index is 0.234. The number of imidazole rings is 1. The average Bonchev–Trinajstić information content (AvgIpc) is 2.46. The van der Waals surface area contributed by atoms with E-state index < -0.39 is 0 Å². The van der Waals surface area contributed by atoms with Gasteiger partial charge in [0.1, 0.15) is 11.6 Å². The van der Waals surface area contributed by atoms with Crippen molar-refractivity contribution in [2.75, 3.05) is 0 Å². The van der Waals surface area contributed by atoms with Gasteiger partial charge < -0.3 is 4.98 Å². The van der Waals surface area contributed by atoms with Crippen LogP contribution in [0, 0.1) is 19.7 Å². The molecule has 0 atom stereocenters. The molecule has 1 N–H and O–H groups in total. The topological polar surface area (TPSA) is 28.7 Å². The van der Waals surface area contributed by atoms with Gasteiger partial charge in [-0.3, -0.25) is 0 Å². The molecule has 0 spiro atoms. The number of halogens is 1. The van der Waals surface area contributed by atoms with Gasteiger partial charge in [0.2, 0.25) is 0 Å². The van der Waals surface area contributed by atoms with E-state index in [1.807, 2.05) is 19.9 Å². The molecule has 0 aliphatic rings. The third-order valence-electron chi connectivity index (χ3n) is 2.13. The summed E-state index contributed by atoms with van der Waals surface area (Å²) < 4.78 is 13.4. The highest BCUT2D eigenvalue weighted by molar-refractivity contribution is 5.62. The molecule has 3 heteroatoms. The standard InChI is InChI=1S/C11H11FN2/c1-7-11(14-8(2)13-7)9-5-3-4-6-10(9)12/h3-6H,1-2H3,(H,13,14). The number of H-pyrrole nitrogens is 1. The average molecular weight is 190 g/mol. The molecule has 0 unspecified atom stereocenters. The highest BCUT2D eigenvalue weighted by Crippen LogP contribution is 2.23. The lowest BCUT2D eigenvalue weighted by Crippen LogP contribution is -1.85. The Hall–Kier alpha value is -1.64. The summed E-state index contributed by atoms with van der Waals surface area (Å²) in [6, 6.07) is 6.66. The fraction of sp³-hybridized carbons (Fsp3) is 0.182. The van der Waals surface area contributed by atoms with Crippen LogP contribution in [0.3, 0.4) is 0 Å². The van der Waals surface area contributed by atoms with Gasteiger partial charge in [-0.25, -0.2) is 9.37 Å². The Morgan fingerprint density at radius 3 is 2.50 bits per heavy atom. The Labute approximate surface area is 81.8 Å². The van der Waals surface area contributed by atoms with Crippen LogP contribution in [0.4, 0.5) is 4.39 Å². The van der Waals surface area contributed by atoms with E-state index in [2.05, 4.69) is 9.97 Å². The fourth-order valence-corrected chi connectivity index (χ4v) is 1.53. The first-order chi connectivity index (χ1) is 6.68. The van der Waals surface area contributed by atoms with Crippen LogP contribution in [-0.4, -0.2) is 9.97 Å². The maximum absolute atomic E-state index is 13.4. The SMILES string of the molecule is Cc1nc(-c2ccccc2F)c(C)[nH]1. The summed E-state index contributed by atoms with van der Waals surface area (Å²) in [6.45, 7) is 3.75. The quantitative estimate of drug-likeness (QED) is 0.736. The van der Waals surface area contributed by atoms with Crippen molar-refractivity contribution in [3.63, 3.8) is 0 Å². The predicted molar refractivity (Wildman–Crippen MR) is 53.5 cm³/mol. The summed E-state index contributed by atoms with van der Waals surface area (Å²) in [5.74, 6) is 0.572. The van der Waals surface area contributed by atoms with Crippen molar-refractivity contribution >= 4 is 0 Å². The molecule has 2 aromatic rings. The second-order valence-electron chi connectivity index (χ2n) is 3.28. The third-order valence-corrected chi connectivity index (χ3v) is 2.13. The smallest absolute Gasteiger partial charge is 0.132 e. The Kier molecular flexibility index (Phi) is 2.08. The largest absolute Gasteiger partial charge is 0.346 e. The highest BCUT2D eigenvalue weighted by Gasteiger charge is 2.10. The van der Waals surface area contributed by atoms with Crippen molar-refractivity contribution in [2.24, 2.45) is 0 Å². The van der Waals surface area contributed by atoms with Gasteiger partial charge in [-0.1, -0.05) is 12.1 Å². The molecule has 2 rings (SSSR count). The number of hydrogen-bond acceptors (Lipinski definition) is 1. The molecular formula is C11H11FN2. The maximum atomic E-state index is 13.4. The van der Waals surface area contributed by atoms with E-state index in [0.717, 1.165) is 11.5 Å². The lowest BCUT2D eigenvalue weighted by atomic mass is 10.1. The minimum atomic E-state index is -0.234. The Morgan fingerprint density at radius 2 is 1.93 bits per heavy atom. The molecule has 0 saturated heterocycles. The van der Waals surface area contributed by atoms with E-state index in [1.165, 1.54) is 6.07 Å². The minimum Gasteiger partial charge on any atom is -0.346 e. The molecule has 72 valence electrons. The van der Waals surface area contributed by atoms with Gasteiger partial charge in [0, 0.05) is 11.3 Å². The van der Waals surface area contributed by atoms with Gasteiger partial charge in [0.05, 0.1) is 5.69 Å². The zero-order chi connectivity index (χ0) is 10.1. The van der Waals surface area contributed by atoms with E-state index in [-0.39, 0.29) is 5.82 Å². The third kappa shape index (κ3) is 1.41. The summed E-state index contributed by atoms with van der Waals surface area (Å²) in [7, 11) is 0. The number of hydrogen-bond donors (Lipinski definition) is 1. The van der Waals surface area contributed by atoms with Crippen LogP contribution >= 0.6 is 0 Å². The molecule has 1 heterocycles. The van der Waals surface area contributed by atoms with E-state index >= 15 is 0 Å². The molecule has 0 aliphatic carbocycles. The lowest BCUT2D eigenvalue weighted by Gasteiger charge is -1.99. The van der Waals surface area contributed by atoms with Gasteiger partial charge in [-0.2, -0.15) is 0 Å². The van der Waals surface area contributed by atoms with Crippen LogP contribution in [0.15, 0.2) is 24.3 Å². The van der Waals surface area contributed by atoms with Crippen molar-refractivity contribution in [1.29, 1.82) is 0 Å². The van der Waals surface area contributed by atoms with Crippen LogP contribution in [-0.2, 0) is 0 Å². The second-order valence-corrected chi connectivity index (χ2v) is 3.28. The number of aromatic nitrogens is 2. The van der Waals surface area contributed by atoms with Gasteiger partial charge >= 0.3 is 0 Å². The Bertz CT molecular complexity index is 460. The van der Waals surface area contributed by atoms with E-state index in [9.17, 15) is 4.39 Å². The fourth-order valence-electron chi connectivity index (χ4n) is 1.53. The molecule has 1 aromatic heterocycles. The molecule has 1 aromatic carbocycles. The number of benzene rings is 1. The number of aromatic amines is 1. The van der Waals surface area contributed by atoms with E-state index in [4.69, 9.17) is 0 Å². The molecule has 0 saturated carbocycles. The van der Waals surface area contributed by atoms with Crippen LogP contribution in [0.2, 0.25) is 0 Å². The number of nitrogens with one attached hydrogen (secondary N) is 1. The summed E-state index contributed by atoms with van der Waals surface area (Å²) in [5, 5.41) is 0. The van der Waals surface area contributed by atoms with Gasteiger partial charge in [0.25, 0.3) is 0 Å². The van der Waals surface area contributed by atoms with Crippen molar-refractivity contribution in [3.8, 4) is 11.3 Å². The van der Waals surface area contributed by atoms with Crippen molar-refractivity contribution in [3.05, 3.63) is 41.6 Å². The molecule has 0 bridgehead atoms. The molecule has 2 nitrogen and oxygen atoms in total. The molecule has 0 aliphatic heterocycles. The van der Waals surface area contributed by atoms with Crippen LogP contribution in [0.1, 0.15) is 11.5 Å². The lowest BCUT2D eigenvalue weighted by molar-refractivity contribution is 0.630. The molecule has 0 amide bonds. The number of rotatable bonds is 1. The van der Waals surface area contributed by atoms with Gasteiger partial charge in [-0.15, -0.1) is 0 Å². The normalized spacial score (nSPS) is 10.5. The summed E-state index contributed by atoms with van der Waals surface area (Å²) in [6.07, 6.45) is 0. The predicted octanol–water partition coefficient (Wildman–Crippen LogP) is 2.83. The van der Waals surface area contributed by atoms with Crippen molar-refractivity contribution in [1.82, 2.24) is 9.97 Å². The summed E-state index contributed by atoms with van der Waals surface area (Å²) in [4.78, 5) is 7.30. The number of nitrogens with zero attached hydrogens (tertiary/aromatic N) is 1. The maximum Gasteiger partial charge on any atom is 0.132 e. The monoisotopic (exact) mass is 190 g/mol. The molecule has 0 radical (unpaired) electrons. The van der Waals surface area contributed by atoms with Crippen LogP contribution in [0.25, 0.3) is 11.3 Å². The zero-order valence-electron chi connectivity index (χ0n) is 8.13. The second kappa shape index (κ2) is 3.25. The molecular weight excluding hydrogens is 179 g/mol. The van der Waals surface area contributed by atoms with Crippen molar-refractivity contribution in [2.45, 2.75) is 13.8 Å². The van der Waals surface area contributed by atoms with Crippen molar-refractivity contribution < 1.29 is 4.39 Å². The molecule has 0 fully saturated rings. The first-order valence-corrected chi connectivity index (χ1v) is 4.46. The van der Waals surface area contributed by atoms with E-state index in [0.29, 0.717) is 11.3 Å². The zero-order valence-corrected chi connectivity index (χ0v) is 8.13. The van der Waals surface area contributed by atoms with Crippen LogP contribution in [0.5, 0.6) is 0 Å². The summed E-state index contributed by atoms with van der Waals surface area (Å²) >= 11 is 0. The molecule has 14 heavy (non-hydrogen) atoms. The Balaban J connectivity index is 2.60. The highest BCUT2D eigenvalue weighted by atomic mass is 19.1. The summed E-state index contributed by atoms with van der Waals surface area (Å²) in [5.41, 5.74) is 2.14. The van der Waals surface area contributed by atoms with Crippen LogP contribution < -0.4 is 0 Å². The van der Waals surface area contributed by atoms with Gasteiger partial charge in [0.15, 0.2) is 0 Å². The number of aryl methyl sites for hydroxylation is 2. The van der Waals surface area contributed by atoms with E-state index in [1.54, 1.807) is 12.1 Å².